The maximum Gasteiger partial charge on any atom is 0.307 e. The fourth-order valence-corrected chi connectivity index (χ4v) is 5.90. The number of aliphatic carboxylic acids is 1. The molecule has 2 aliphatic carbocycles. The summed E-state index contributed by atoms with van der Waals surface area (Å²) in [5, 5.41) is 16.0. The number of hydrogen-bond acceptors (Lipinski definition) is 4. The van der Waals surface area contributed by atoms with E-state index in [4.69, 9.17) is 0 Å². The predicted molar refractivity (Wildman–Crippen MR) is 124 cm³/mol. The molecule has 1 heterocycles. The molecule has 1 aromatic heterocycles. The molecule has 3 rings (SSSR count). The molecule has 0 bridgehead atoms. The summed E-state index contributed by atoms with van der Waals surface area (Å²) >= 11 is 1.48. The van der Waals surface area contributed by atoms with Crippen LogP contribution in [0.1, 0.15) is 74.7 Å². The van der Waals surface area contributed by atoms with Crippen LogP contribution in [0.3, 0.4) is 0 Å². The van der Waals surface area contributed by atoms with Crippen LogP contribution in [-0.2, 0) is 22.4 Å². The molecule has 0 fully saturated rings. The van der Waals surface area contributed by atoms with Crippen LogP contribution in [0.4, 0.5) is 5.00 Å². The van der Waals surface area contributed by atoms with E-state index in [1.54, 1.807) is 0 Å². The quantitative estimate of drug-likeness (QED) is 0.574. The van der Waals surface area contributed by atoms with Crippen molar-refractivity contribution in [2.45, 2.75) is 72.8 Å². The van der Waals surface area contributed by atoms with Gasteiger partial charge in [-0.05, 0) is 62.8 Å². The molecule has 0 aromatic carbocycles. The molecule has 2 aliphatic rings. The lowest BCUT2D eigenvalue weighted by molar-refractivity contribution is -0.146. The average molecular weight is 447 g/mol. The maximum absolute atomic E-state index is 13.1. The Bertz CT molecular complexity index is 894. The second-order valence-electron chi connectivity index (χ2n) is 10.1. The summed E-state index contributed by atoms with van der Waals surface area (Å²) in [4.78, 5) is 38.9. The minimum atomic E-state index is -0.958. The lowest BCUT2D eigenvalue weighted by Crippen LogP contribution is -2.35. The molecule has 2 amide bonds. The fourth-order valence-electron chi connectivity index (χ4n) is 4.57. The minimum Gasteiger partial charge on any atom is -0.481 e. The molecule has 0 unspecified atom stereocenters. The summed E-state index contributed by atoms with van der Waals surface area (Å²) in [5.41, 5.74) is 1.78. The largest absolute Gasteiger partial charge is 0.481 e. The van der Waals surface area contributed by atoms with E-state index in [2.05, 4.69) is 31.4 Å². The number of carboxylic acid groups (broad SMARTS) is 1. The first-order valence-corrected chi connectivity index (χ1v) is 11.9. The van der Waals surface area contributed by atoms with Crippen LogP contribution >= 0.6 is 11.3 Å². The van der Waals surface area contributed by atoms with Gasteiger partial charge in [0.05, 0.1) is 17.4 Å². The number of carbonyl (C=O) groups excluding carboxylic acids is 2. The topological polar surface area (TPSA) is 95.5 Å². The van der Waals surface area contributed by atoms with E-state index in [1.165, 1.54) is 11.3 Å². The van der Waals surface area contributed by atoms with Gasteiger partial charge in [-0.1, -0.05) is 32.9 Å². The smallest absolute Gasteiger partial charge is 0.307 e. The van der Waals surface area contributed by atoms with Gasteiger partial charge in [-0.3, -0.25) is 14.4 Å². The van der Waals surface area contributed by atoms with Gasteiger partial charge in [-0.2, -0.15) is 0 Å². The molecule has 0 saturated carbocycles. The monoisotopic (exact) mass is 446 g/mol. The number of hydrogen-bond donors (Lipinski definition) is 3. The first-order chi connectivity index (χ1) is 14.5. The summed E-state index contributed by atoms with van der Waals surface area (Å²) in [6.07, 6.45) is 7.15. The van der Waals surface area contributed by atoms with Gasteiger partial charge in [0.1, 0.15) is 5.00 Å². The highest BCUT2D eigenvalue weighted by atomic mass is 32.1. The Balaban J connectivity index is 1.93. The van der Waals surface area contributed by atoms with E-state index in [0.29, 0.717) is 29.3 Å². The number of thiophene rings is 1. The van der Waals surface area contributed by atoms with Gasteiger partial charge >= 0.3 is 5.97 Å². The van der Waals surface area contributed by atoms with Crippen molar-refractivity contribution >= 4 is 34.1 Å². The van der Waals surface area contributed by atoms with Crippen LogP contribution in [0.5, 0.6) is 0 Å². The first kappa shape index (κ1) is 23.5. The van der Waals surface area contributed by atoms with E-state index in [0.717, 1.165) is 29.7 Å². The first-order valence-electron chi connectivity index (χ1n) is 11.1. The fraction of sp³-hybridized carbons (Fsp3) is 0.625. The average Bonchev–Trinajstić information content (AvgIpc) is 3.03. The zero-order valence-electron chi connectivity index (χ0n) is 19.1. The van der Waals surface area contributed by atoms with Crippen molar-refractivity contribution in [2.75, 3.05) is 5.32 Å². The number of amides is 2. The van der Waals surface area contributed by atoms with Crippen LogP contribution in [-0.4, -0.2) is 28.9 Å². The van der Waals surface area contributed by atoms with Gasteiger partial charge in [0.25, 0.3) is 5.91 Å². The number of anilines is 1. The number of carbonyl (C=O) groups is 3. The van der Waals surface area contributed by atoms with Crippen LogP contribution < -0.4 is 10.6 Å². The zero-order valence-corrected chi connectivity index (χ0v) is 19.9. The van der Waals surface area contributed by atoms with Crippen LogP contribution in [0.25, 0.3) is 0 Å². The Kier molecular flexibility index (Phi) is 6.94. The van der Waals surface area contributed by atoms with Crippen LogP contribution in [0, 0.1) is 23.2 Å². The molecular formula is C24H34N2O4S. The Morgan fingerprint density at radius 1 is 1.13 bits per heavy atom. The van der Waals surface area contributed by atoms with Crippen LogP contribution in [0.2, 0.25) is 0 Å². The summed E-state index contributed by atoms with van der Waals surface area (Å²) in [6, 6.07) is -0.0163. The van der Waals surface area contributed by atoms with Gasteiger partial charge < -0.3 is 15.7 Å². The molecule has 3 N–H and O–H groups in total. The lowest BCUT2D eigenvalue weighted by atomic mass is 9.72. The molecule has 0 radical (unpaired) electrons. The predicted octanol–water partition coefficient (Wildman–Crippen LogP) is 4.64. The van der Waals surface area contributed by atoms with Crippen molar-refractivity contribution in [2.24, 2.45) is 23.2 Å². The highest BCUT2D eigenvalue weighted by Gasteiger charge is 2.37. The van der Waals surface area contributed by atoms with E-state index in [1.807, 2.05) is 26.0 Å². The molecule has 0 spiro atoms. The number of nitrogens with one attached hydrogen (secondary N) is 2. The Morgan fingerprint density at radius 3 is 2.35 bits per heavy atom. The standard InChI is InChI=1S/C24H34N2O4S/c1-13(2)25-21(28)19-17-11-10-14(24(3,4)5)12-18(17)31-22(19)26-20(27)15-8-6-7-9-16(15)23(29)30/h6-7,13-16H,8-12H2,1-5H3,(H,25,28)(H,26,27)(H,29,30)/t14-,15+,16-/m1/s1. The van der Waals surface area contributed by atoms with Crippen molar-refractivity contribution in [3.8, 4) is 0 Å². The third-order valence-corrected chi connectivity index (χ3v) is 7.63. The second-order valence-corrected chi connectivity index (χ2v) is 11.2. The van der Waals surface area contributed by atoms with E-state index in [-0.39, 0.29) is 23.3 Å². The SMILES string of the molecule is CC(C)NC(=O)c1c(NC(=O)[C@H]2CC=CC[C@H]2C(=O)O)sc2c1CC[C@@H](C(C)(C)C)C2. The summed E-state index contributed by atoms with van der Waals surface area (Å²) < 4.78 is 0. The van der Waals surface area contributed by atoms with Crippen molar-refractivity contribution in [3.05, 3.63) is 28.2 Å². The molecule has 3 atom stereocenters. The molecule has 1 aromatic rings. The van der Waals surface area contributed by atoms with Crippen molar-refractivity contribution < 1.29 is 19.5 Å². The Morgan fingerprint density at radius 2 is 1.77 bits per heavy atom. The van der Waals surface area contributed by atoms with E-state index < -0.39 is 17.8 Å². The highest BCUT2D eigenvalue weighted by Crippen LogP contribution is 2.44. The summed E-state index contributed by atoms with van der Waals surface area (Å²) in [6.45, 7) is 10.6. The highest BCUT2D eigenvalue weighted by molar-refractivity contribution is 7.17. The molecule has 0 saturated heterocycles. The number of allylic oxidation sites excluding steroid dienone is 2. The van der Waals surface area contributed by atoms with Crippen molar-refractivity contribution in [1.82, 2.24) is 5.32 Å². The molecular weight excluding hydrogens is 412 g/mol. The van der Waals surface area contributed by atoms with Gasteiger partial charge in [0.15, 0.2) is 0 Å². The van der Waals surface area contributed by atoms with Crippen molar-refractivity contribution in [3.63, 3.8) is 0 Å². The molecule has 0 aliphatic heterocycles. The summed E-state index contributed by atoms with van der Waals surface area (Å²) in [7, 11) is 0. The number of fused-ring (bicyclic) bond motifs is 1. The third kappa shape index (κ3) is 5.20. The van der Waals surface area contributed by atoms with Gasteiger partial charge in [0, 0.05) is 10.9 Å². The third-order valence-electron chi connectivity index (χ3n) is 6.46. The second kappa shape index (κ2) is 9.15. The molecule has 6 nitrogen and oxygen atoms in total. The lowest BCUT2D eigenvalue weighted by Gasteiger charge is -2.33. The van der Waals surface area contributed by atoms with E-state index >= 15 is 0 Å². The van der Waals surface area contributed by atoms with E-state index in [9.17, 15) is 19.5 Å². The molecule has 31 heavy (non-hydrogen) atoms. The van der Waals surface area contributed by atoms with Gasteiger partial charge in [0.2, 0.25) is 5.91 Å². The number of carboxylic acids is 1. The molecule has 170 valence electrons. The Labute approximate surface area is 188 Å². The van der Waals surface area contributed by atoms with Crippen LogP contribution in [0.15, 0.2) is 12.2 Å². The zero-order chi connectivity index (χ0) is 22.9. The summed E-state index contributed by atoms with van der Waals surface area (Å²) in [5.74, 6) is -2.30. The van der Waals surface area contributed by atoms with Crippen molar-refractivity contribution in [1.29, 1.82) is 0 Å². The number of rotatable bonds is 5. The maximum atomic E-state index is 13.1. The Hall–Kier alpha value is -2.15. The minimum absolute atomic E-state index is 0.0163. The van der Waals surface area contributed by atoms with Gasteiger partial charge in [-0.25, -0.2) is 0 Å². The normalized spacial score (nSPS) is 23.4. The van der Waals surface area contributed by atoms with Gasteiger partial charge in [-0.15, -0.1) is 11.3 Å². The molecule has 7 heteroatoms.